The normalized spacial score (nSPS) is 13.8. The summed E-state index contributed by atoms with van der Waals surface area (Å²) >= 11 is 4.63. The summed E-state index contributed by atoms with van der Waals surface area (Å²) in [7, 11) is 1.32. The molecule has 4 nitrogen and oxygen atoms in total. The number of rotatable bonds is 5. The van der Waals surface area contributed by atoms with Crippen LogP contribution in [-0.4, -0.2) is 24.5 Å². The lowest BCUT2D eigenvalue weighted by atomic mass is 9.96. The van der Waals surface area contributed by atoms with Gasteiger partial charge in [0.15, 0.2) is 0 Å². The topological polar surface area (TPSA) is 55.4 Å². The fourth-order valence-corrected chi connectivity index (χ4v) is 3.15. The highest BCUT2D eigenvalue weighted by Crippen LogP contribution is 2.24. The summed E-state index contributed by atoms with van der Waals surface area (Å²) in [5.74, 6) is -0.691. The molecule has 0 aliphatic heterocycles. The van der Waals surface area contributed by atoms with Crippen molar-refractivity contribution in [3.05, 3.63) is 20.8 Å². The van der Waals surface area contributed by atoms with E-state index in [9.17, 15) is 9.59 Å². The van der Waals surface area contributed by atoms with Gasteiger partial charge in [-0.15, -0.1) is 11.3 Å². The van der Waals surface area contributed by atoms with Crippen LogP contribution >= 0.6 is 27.3 Å². The van der Waals surface area contributed by atoms with Crippen LogP contribution in [0.25, 0.3) is 0 Å². The standard InChI is InChI=1S/C12H16BrNO3S/c1-4-6-12(2,11(16)17-3)14-10(15)9-8(13)5-7-18-9/h5,7H,4,6H2,1-3H3,(H,14,15). The van der Waals surface area contributed by atoms with Gasteiger partial charge in [-0.3, -0.25) is 4.79 Å². The first-order valence-electron chi connectivity index (χ1n) is 5.58. The van der Waals surface area contributed by atoms with E-state index >= 15 is 0 Å². The molecule has 0 saturated heterocycles. The lowest BCUT2D eigenvalue weighted by Gasteiger charge is -2.27. The monoisotopic (exact) mass is 333 g/mol. The molecular formula is C12H16BrNO3S. The Hall–Kier alpha value is -0.880. The quantitative estimate of drug-likeness (QED) is 0.843. The van der Waals surface area contributed by atoms with Gasteiger partial charge >= 0.3 is 5.97 Å². The lowest BCUT2D eigenvalue weighted by Crippen LogP contribution is -2.52. The van der Waals surface area contributed by atoms with Gasteiger partial charge in [-0.25, -0.2) is 4.79 Å². The molecule has 0 spiro atoms. The molecule has 0 bridgehead atoms. The van der Waals surface area contributed by atoms with Gasteiger partial charge in [-0.05, 0) is 40.7 Å². The van der Waals surface area contributed by atoms with Crippen molar-refractivity contribution in [2.75, 3.05) is 7.11 Å². The molecule has 1 rings (SSSR count). The van der Waals surface area contributed by atoms with Crippen molar-refractivity contribution in [1.29, 1.82) is 0 Å². The van der Waals surface area contributed by atoms with Crippen molar-refractivity contribution in [2.45, 2.75) is 32.2 Å². The maximum Gasteiger partial charge on any atom is 0.331 e. The number of nitrogens with one attached hydrogen (secondary N) is 1. The SMILES string of the molecule is CCCC(C)(NC(=O)c1sccc1Br)C(=O)OC. The Balaban J connectivity index is 2.88. The summed E-state index contributed by atoms with van der Waals surface area (Å²) in [6.07, 6.45) is 1.31. The second kappa shape index (κ2) is 6.33. The van der Waals surface area contributed by atoms with Crippen LogP contribution in [0.5, 0.6) is 0 Å². The van der Waals surface area contributed by atoms with E-state index < -0.39 is 11.5 Å². The van der Waals surface area contributed by atoms with Crippen molar-refractivity contribution >= 4 is 39.1 Å². The summed E-state index contributed by atoms with van der Waals surface area (Å²) < 4.78 is 5.48. The predicted octanol–water partition coefficient (Wildman–Crippen LogP) is 2.97. The largest absolute Gasteiger partial charge is 0.467 e. The molecule has 0 radical (unpaired) electrons. The highest BCUT2D eigenvalue weighted by atomic mass is 79.9. The summed E-state index contributed by atoms with van der Waals surface area (Å²) in [5.41, 5.74) is -0.982. The van der Waals surface area contributed by atoms with Crippen LogP contribution in [0.1, 0.15) is 36.4 Å². The summed E-state index contributed by atoms with van der Waals surface area (Å²) in [5, 5.41) is 4.57. The number of ether oxygens (including phenoxy) is 1. The minimum atomic E-state index is -0.982. The number of amides is 1. The molecule has 100 valence electrons. The van der Waals surface area contributed by atoms with Gasteiger partial charge < -0.3 is 10.1 Å². The molecule has 6 heteroatoms. The van der Waals surface area contributed by atoms with Gasteiger partial charge in [0.2, 0.25) is 0 Å². The minimum Gasteiger partial charge on any atom is -0.467 e. The number of esters is 1. The number of carbonyl (C=O) groups is 2. The molecule has 0 fully saturated rings. The molecular weight excluding hydrogens is 318 g/mol. The highest BCUT2D eigenvalue weighted by Gasteiger charge is 2.35. The molecule has 0 saturated carbocycles. The third-order valence-electron chi connectivity index (χ3n) is 2.60. The second-order valence-corrected chi connectivity index (χ2v) is 5.90. The van der Waals surface area contributed by atoms with E-state index in [1.807, 2.05) is 12.3 Å². The molecule has 1 heterocycles. The zero-order valence-corrected chi connectivity index (χ0v) is 13.0. The Morgan fingerprint density at radius 1 is 1.56 bits per heavy atom. The maximum absolute atomic E-state index is 12.1. The average molecular weight is 334 g/mol. The molecule has 1 unspecified atom stereocenters. The fourth-order valence-electron chi connectivity index (χ4n) is 1.70. The van der Waals surface area contributed by atoms with Crippen molar-refractivity contribution in [3.8, 4) is 0 Å². The number of carbonyl (C=O) groups excluding carboxylic acids is 2. The first kappa shape index (κ1) is 15.2. The van der Waals surface area contributed by atoms with Crippen LogP contribution in [0.2, 0.25) is 0 Å². The third kappa shape index (κ3) is 3.32. The highest BCUT2D eigenvalue weighted by molar-refractivity contribution is 9.10. The summed E-state index contributed by atoms with van der Waals surface area (Å²) in [6.45, 7) is 3.64. The molecule has 0 aliphatic carbocycles. The van der Waals surface area contributed by atoms with Gasteiger partial charge in [0.1, 0.15) is 10.4 Å². The Morgan fingerprint density at radius 3 is 2.67 bits per heavy atom. The second-order valence-electron chi connectivity index (χ2n) is 4.13. The Kier molecular flexibility index (Phi) is 5.34. The van der Waals surface area contributed by atoms with Crippen molar-refractivity contribution in [1.82, 2.24) is 5.32 Å². The Morgan fingerprint density at radius 2 is 2.22 bits per heavy atom. The van der Waals surface area contributed by atoms with E-state index in [4.69, 9.17) is 4.74 Å². The molecule has 1 atom stereocenters. The van der Waals surface area contributed by atoms with Crippen molar-refractivity contribution in [3.63, 3.8) is 0 Å². The molecule has 1 aromatic rings. The third-order valence-corrected chi connectivity index (χ3v) is 4.44. The lowest BCUT2D eigenvalue weighted by molar-refractivity contribution is -0.147. The molecule has 0 aliphatic rings. The Bertz CT molecular complexity index is 446. The van der Waals surface area contributed by atoms with Crippen molar-refractivity contribution < 1.29 is 14.3 Å². The predicted molar refractivity (Wildman–Crippen MR) is 74.8 cm³/mol. The van der Waals surface area contributed by atoms with Crippen molar-refractivity contribution in [2.24, 2.45) is 0 Å². The molecule has 0 aromatic carbocycles. The molecule has 18 heavy (non-hydrogen) atoms. The number of methoxy groups -OCH3 is 1. The van der Waals surface area contributed by atoms with Gasteiger partial charge in [-0.1, -0.05) is 13.3 Å². The number of hydrogen-bond acceptors (Lipinski definition) is 4. The van der Waals surface area contributed by atoms with Crippen LogP contribution in [0, 0.1) is 0 Å². The average Bonchev–Trinajstić information content (AvgIpc) is 2.74. The van der Waals surface area contributed by atoms with Gasteiger partial charge in [0.05, 0.1) is 7.11 Å². The van der Waals surface area contributed by atoms with Crippen LogP contribution < -0.4 is 5.32 Å². The van der Waals surface area contributed by atoms with Crippen LogP contribution in [0.3, 0.4) is 0 Å². The Labute approximate surface area is 119 Å². The number of thiophene rings is 1. The molecule has 1 aromatic heterocycles. The molecule has 1 N–H and O–H groups in total. The first-order chi connectivity index (χ1) is 8.44. The zero-order chi connectivity index (χ0) is 13.8. The van der Waals surface area contributed by atoms with Crippen LogP contribution in [0.15, 0.2) is 15.9 Å². The van der Waals surface area contributed by atoms with E-state index in [-0.39, 0.29) is 5.91 Å². The van der Waals surface area contributed by atoms with Crippen LogP contribution in [0.4, 0.5) is 0 Å². The molecule has 1 amide bonds. The fraction of sp³-hybridized carbons (Fsp3) is 0.500. The number of hydrogen-bond donors (Lipinski definition) is 1. The zero-order valence-electron chi connectivity index (χ0n) is 10.6. The van der Waals surface area contributed by atoms with E-state index in [0.717, 1.165) is 10.9 Å². The van der Waals surface area contributed by atoms with Gasteiger partial charge in [0.25, 0.3) is 5.91 Å². The van der Waals surface area contributed by atoms with Gasteiger partial charge in [0, 0.05) is 4.47 Å². The van der Waals surface area contributed by atoms with Crippen LogP contribution in [-0.2, 0) is 9.53 Å². The van der Waals surface area contributed by atoms with E-state index in [0.29, 0.717) is 11.3 Å². The van der Waals surface area contributed by atoms with Gasteiger partial charge in [-0.2, -0.15) is 0 Å². The summed E-state index contributed by atoms with van der Waals surface area (Å²) in [6, 6.07) is 1.80. The minimum absolute atomic E-state index is 0.266. The number of halogens is 1. The summed E-state index contributed by atoms with van der Waals surface area (Å²) in [4.78, 5) is 24.4. The maximum atomic E-state index is 12.1. The van der Waals surface area contributed by atoms with E-state index in [2.05, 4.69) is 21.2 Å². The first-order valence-corrected chi connectivity index (χ1v) is 7.25. The van der Waals surface area contributed by atoms with E-state index in [1.54, 1.807) is 13.0 Å². The smallest absolute Gasteiger partial charge is 0.331 e. The van der Waals surface area contributed by atoms with E-state index in [1.165, 1.54) is 18.4 Å².